The molecule has 8 heteroatoms. The van der Waals surface area contributed by atoms with Gasteiger partial charge in [-0.1, -0.05) is 31.2 Å². The van der Waals surface area contributed by atoms with E-state index in [1.54, 1.807) is 17.0 Å². The highest BCUT2D eigenvalue weighted by atomic mass is 19.1. The summed E-state index contributed by atoms with van der Waals surface area (Å²) in [5.41, 5.74) is 3.60. The molecule has 242 valence electrons. The van der Waals surface area contributed by atoms with Crippen LogP contribution in [0.3, 0.4) is 0 Å². The van der Waals surface area contributed by atoms with E-state index in [4.69, 9.17) is 0 Å². The zero-order valence-corrected chi connectivity index (χ0v) is 27.1. The Bertz CT molecular complexity index is 1700. The SMILES string of the molecule is C[C@]1(O)CC[C@H]2[C@@H]3CCc4cc(F)c(N5CCN(C(=O)[C@@H]6CCCN6C(=O)c6ccc7ccccc7n6)CC5)cc4[C@H]3CC[C@@]21C. The van der Waals surface area contributed by atoms with Gasteiger partial charge in [-0.3, -0.25) is 9.59 Å². The fourth-order valence-electron chi connectivity index (χ4n) is 10.0. The Morgan fingerprint density at radius 1 is 0.935 bits per heavy atom. The molecule has 2 amide bonds. The number of fused-ring (bicyclic) bond motifs is 6. The van der Waals surface area contributed by atoms with E-state index in [-0.39, 0.29) is 23.0 Å². The zero-order valence-electron chi connectivity index (χ0n) is 27.1. The van der Waals surface area contributed by atoms with Gasteiger partial charge in [0.25, 0.3) is 5.91 Å². The molecule has 0 bridgehead atoms. The van der Waals surface area contributed by atoms with E-state index in [9.17, 15) is 14.7 Å². The summed E-state index contributed by atoms with van der Waals surface area (Å²) in [6.45, 7) is 7.01. The van der Waals surface area contributed by atoms with E-state index in [1.165, 1.54) is 5.56 Å². The molecule has 0 spiro atoms. The number of nitrogens with zero attached hydrogens (tertiary/aromatic N) is 4. The van der Waals surface area contributed by atoms with E-state index in [0.29, 0.717) is 68.3 Å². The van der Waals surface area contributed by atoms with Gasteiger partial charge in [0.1, 0.15) is 17.6 Å². The summed E-state index contributed by atoms with van der Waals surface area (Å²) in [6.07, 6.45) is 7.41. The number of rotatable bonds is 3. The van der Waals surface area contributed by atoms with Crippen LogP contribution >= 0.6 is 0 Å². The normalized spacial score (nSPS) is 32.3. The molecule has 5 aliphatic rings. The predicted molar refractivity (Wildman–Crippen MR) is 176 cm³/mol. The van der Waals surface area contributed by atoms with Gasteiger partial charge in [-0.25, -0.2) is 9.37 Å². The highest BCUT2D eigenvalue weighted by Gasteiger charge is 2.59. The molecule has 4 fully saturated rings. The molecule has 1 N–H and O–H groups in total. The number of hydrogen-bond acceptors (Lipinski definition) is 5. The summed E-state index contributed by atoms with van der Waals surface area (Å²) in [7, 11) is 0. The molecule has 3 heterocycles. The highest BCUT2D eigenvalue weighted by Crippen LogP contribution is 2.64. The van der Waals surface area contributed by atoms with Crippen molar-refractivity contribution in [1.29, 1.82) is 0 Å². The van der Waals surface area contributed by atoms with Crippen molar-refractivity contribution in [3.8, 4) is 0 Å². The van der Waals surface area contributed by atoms with Gasteiger partial charge in [0.15, 0.2) is 0 Å². The number of aryl methyl sites for hydroxylation is 1. The van der Waals surface area contributed by atoms with Crippen molar-refractivity contribution in [1.82, 2.24) is 14.8 Å². The number of carbonyl (C=O) groups is 2. The molecule has 6 atom stereocenters. The van der Waals surface area contributed by atoms with Crippen LogP contribution in [0.5, 0.6) is 0 Å². The smallest absolute Gasteiger partial charge is 0.273 e. The quantitative estimate of drug-likeness (QED) is 0.391. The molecule has 3 aliphatic carbocycles. The number of amides is 2. The third kappa shape index (κ3) is 4.65. The summed E-state index contributed by atoms with van der Waals surface area (Å²) in [5, 5.41) is 12.2. The number of aliphatic hydroxyl groups is 1. The van der Waals surface area contributed by atoms with Crippen molar-refractivity contribution < 1.29 is 19.1 Å². The number of para-hydroxylation sites is 1. The predicted octanol–water partition coefficient (Wildman–Crippen LogP) is 5.93. The van der Waals surface area contributed by atoms with Gasteiger partial charge in [-0.05, 0) is 117 Å². The maximum Gasteiger partial charge on any atom is 0.273 e. The maximum atomic E-state index is 15.7. The van der Waals surface area contributed by atoms with Crippen LogP contribution in [0.25, 0.3) is 10.9 Å². The Labute approximate surface area is 270 Å². The van der Waals surface area contributed by atoms with Gasteiger partial charge in [0.2, 0.25) is 5.91 Å². The third-order valence-corrected chi connectivity index (χ3v) is 12.9. The monoisotopic (exact) mass is 624 g/mol. The van der Waals surface area contributed by atoms with E-state index in [1.807, 2.05) is 42.2 Å². The number of pyridine rings is 1. The Morgan fingerprint density at radius 3 is 2.57 bits per heavy atom. The summed E-state index contributed by atoms with van der Waals surface area (Å²) in [6, 6.07) is 14.8. The van der Waals surface area contributed by atoms with Crippen molar-refractivity contribution in [2.45, 2.75) is 82.8 Å². The van der Waals surface area contributed by atoms with Crippen LogP contribution in [0.2, 0.25) is 0 Å². The Balaban J connectivity index is 0.955. The summed E-state index contributed by atoms with van der Waals surface area (Å²) >= 11 is 0. The molecule has 2 aromatic carbocycles. The number of piperazine rings is 1. The average Bonchev–Trinajstić information content (AvgIpc) is 3.65. The second-order valence-electron chi connectivity index (χ2n) is 15.0. The molecule has 2 saturated carbocycles. The van der Waals surface area contributed by atoms with E-state index in [0.717, 1.165) is 61.4 Å². The number of anilines is 1. The fraction of sp³-hybridized carbons (Fsp3) is 0.553. The average molecular weight is 625 g/mol. The molecule has 3 aromatic rings. The first-order valence-corrected chi connectivity index (χ1v) is 17.4. The lowest BCUT2D eigenvalue weighted by molar-refractivity contribution is -0.135. The molecule has 46 heavy (non-hydrogen) atoms. The standard InChI is InChI=1S/C38H45FN4O3/c1-37-15-13-26-27(29(37)14-16-38(37,2)46)11-9-25-22-30(39)34(23-28(25)26)41-18-20-42(21-19-41)36(45)33-8-5-17-43(33)35(44)32-12-10-24-6-3-4-7-31(24)40-32/h3-4,6-7,10,12,22-23,26-27,29,33,46H,5,8-9,11,13-21H2,1-2H3/t26-,27+,29-,33-,37-,38-/m0/s1. The lowest BCUT2D eigenvalue weighted by Crippen LogP contribution is -2.54. The number of halogens is 1. The number of benzene rings is 2. The molecule has 1 aromatic heterocycles. The highest BCUT2D eigenvalue weighted by molar-refractivity contribution is 5.98. The lowest BCUT2D eigenvalue weighted by atomic mass is 9.53. The lowest BCUT2D eigenvalue weighted by Gasteiger charge is -2.52. The van der Waals surface area contributed by atoms with Gasteiger partial charge in [0.05, 0.1) is 16.8 Å². The summed E-state index contributed by atoms with van der Waals surface area (Å²) in [4.78, 5) is 37.6. The van der Waals surface area contributed by atoms with Gasteiger partial charge < -0.3 is 19.8 Å². The van der Waals surface area contributed by atoms with Crippen molar-refractivity contribution in [2.24, 2.45) is 17.3 Å². The molecule has 8 rings (SSSR count). The van der Waals surface area contributed by atoms with Crippen LogP contribution in [-0.2, 0) is 11.2 Å². The van der Waals surface area contributed by atoms with E-state index < -0.39 is 11.6 Å². The van der Waals surface area contributed by atoms with Crippen LogP contribution in [-0.4, -0.2) is 76.1 Å². The Hall–Kier alpha value is -3.52. The molecule has 2 aliphatic heterocycles. The van der Waals surface area contributed by atoms with Crippen molar-refractivity contribution in [3.05, 3.63) is 71.2 Å². The van der Waals surface area contributed by atoms with Gasteiger partial charge >= 0.3 is 0 Å². The van der Waals surface area contributed by atoms with Crippen LogP contribution in [0.15, 0.2) is 48.5 Å². The van der Waals surface area contributed by atoms with Gasteiger partial charge in [-0.2, -0.15) is 0 Å². The zero-order chi connectivity index (χ0) is 31.8. The largest absolute Gasteiger partial charge is 0.390 e. The second-order valence-corrected chi connectivity index (χ2v) is 15.0. The van der Waals surface area contributed by atoms with E-state index >= 15 is 4.39 Å². The van der Waals surface area contributed by atoms with Gasteiger partial charge in [0, 0.05) is 38.1 Å². The van der Waals surface area contributed by atoms with Crippen LogP contribution in [0.1, 0.15) is 86.3 Å². The van der Waals surface area contributed by atoms with E-state index in [2.05, 4.69) is 22.9 Å². The summed E-state index contributed by atoms with van der Waals surface area (Å²) in [5.74, 6) is 1.08. The van der Waals surface area contributed by atoms with Crippen molar-refractivity contribution in [3.63, 3.8) is 0 Å². The van der Waals surface area contributed by atoms with Crippen molar-refractivity contribution >= 4 is 28.4 Å². The molecule has 0 unspecified atom stereocenters. The minimum atomic E-state index is -0.607. The third-order valence-electron chi connectivity index (χ3n) is 12.9. The summed E-state index contributed by atoms with van der Waals surface area (Å²) < 4.78 is 15.7. The Kier molecular flexibility index (Phi) is 7.16. The van der Waals surface area contributed by atoms with Crippen LogP contribution in [0, 0.1) is 23.1 Å². The topological polar surface area (TPSA) is 77.0 Å². The molecular formula is C38H45FN4O3. The second kappa shape index (κ2) is 11.0. The molecule has 0 radical (unpaired) electrons. The maximum absolute atomic E-state index is 15.7. The minimum Gasteiger partial charge on any atom is -0.390 e. The fourth-order valence-corrected chi connectivity index (χ4v) is 10.0. The number of likely N-dealkylation sites (tertiary alicyclic amines) is 1. The molecular weight excluding hydrogens is 579 g/mol. The van der Waals surface area contributed by atoms with Crippen LogP contribution in [0.4, 0.5) is 10.1 Å². The molecule has 2 saturated heterocycles. The first kappa shape index (κ1) is 29.9. The first-order chi connectivity index (χ1) is 22.1. The van der Waals surface area contributed by atoms with Crippen molar-refractivity contribution in [2.75, 3.05) is 37.6 Å². The number of carbonyl (C=O) groups excluding carboxylic acids is 2. The number of hydrogen-bond donors (Lipinski definition) is 1. The number of aromatic nitrogens is 1. The Morgan fingerprint density at radius 2 is 1.74 bits per heavy atom. The first-order valence-electron chi connectivity index (χ1n) is 17.4. The van der Waals surface area contributed by atoms with Gasteiger partial charge in [-0.15, -0.1) is 0 Å². The van der Waals surface area contributed by atoms with Crippen LogP contribution < -0.4 is 4.90 Å². The molecule has 7 nitrogen and oxygen atoms in total. The minimum absolute atomic E-state index is 0.0160.